The van der Waals surface area contributed by atoms with Crippen LogP contribution in [0.15, 0.2) is 12.1 Å². The van der Waals surface area contributed by atoms with Gasteiger partial charge in [0.15, 0.2) is 11.5 Å². The highest BCUT2D eigenvalue weighted by Gasteiger charge is 2.72. The van der Waals surface area contributed by atoms with Crippen molar-refractivity contribution in [3.8, 4) is 11.5 Å². The van der Waals surface area contributed by atoms with E-state index in [9.17, 15) is 10.2 Å². The maximum absolute atomic E-state index is 11.7. The zero-order valence-electron chi connectivity index (χ0n) is 12.7. The van der Waals surface area contributed by atoms with Crippen LogP contribution >= 0.6 is 0 Å². The van der Waals surface area contributed by atoms with E-state index in [0.717, 1.165) is 31.4 Å². The molecule has 22 heavy (non-hydrogen) atoms. The highest BCUT2D eigenvalue weighted by molar-refractivity contribution is 5.62. The van der Waals surface area contributed by atoms with E-state index in [1.165, 1.54) is 5.56 Å². The van der Waals surface area contributed by atoms with Crippen LogP contribution in [-0.4, -0.2) is 52.5 Å². The first-order valence-corrected chi connectivity index (χ1v) is 8.19. The zero-order chi connectivity index (χ0) is 15.3. The van der Waals surface area contributed by atoms with Crippen LogP contribution in [0.25, 0.3) is 0 Å². The van der Waals surface area contributed by atoms with Gasteiger partial charge in [-0.05, 0) is 50.9 Å². The number of hydrogen-bond acceptors (Lipinski definition) is 5. The third kappa shape index (κ3) is 1.17. The summed E-state index contributed by atoms with van der Waals surface area (Å²) < 4.78 is 6.17. The van der Waals surface area contributed by atoms with Crippen molar-refractivity contribution in [2.75, 3.05) is 13.6 Å². The zero-order valence-corrected chi connectivity index (χ0v) is 12.7. The third-order valence-corrected chi connectivity index (χ3v) is 6.78. The molecule has 4 N–H and O–H groups in total. The highest BCUT2D eigenvalue weighted by atomic mass is 16.5. The molecule has 2 aliphatic carbocycles. The normalized spacial score (nSPS) is 45.3. The summed E-state index contributed by atoms with van der Waals surface area (Å²) in [6.07, 6.45) is 2.88. The summed E-state index contributed by atoms with van der Waals surface area (Å²) >= 11 is 0. The van der Waals surface area contributed by atoms with Gasteiger partial charge in [-0.3, -0.25) is 0 Å². The van der Waals surface area contributed by atoms with Crippen LogP contribution in [0.2, 0.25) is 0 Å². The van der Waals surface area contributed by atoms with Crippen molar-refractivity contribution in [2.45, 2.75) is 54.9 Å². The van der Waals surface area contributed by atoms with Gasteiger partial charge in [0, 0.05) is 17.6 Å². The van der Waals surface area contributed by atoms with Crippen LogP contribution in [0, 0.1) is 0 Å². The fourth-order valence-corrected chi connectivity index (χ4v) is 5.79. The van der Waals surface area contributed by atoms with Crippen LogP contribution in [0.5, 0.6) is 11.5 Å². The molecule has 3 unspecified atom stereocenters. The van der Waals surface area contributed by atoms with Crippen LogP contribution in [-0.2, 0) is 11.8 Å². The predicted molar refractivity (Wildman–Crippen MR) is 81.1 cm³/mol. The molecule has 118 valence electrons. The number of likely N-dealkylation sites (N-methyl/N-ethyl adjacent to an activating group) is 1. The molecule has 1 saturated heterocycles. The molecular weight excluding hydrogens is 280 g/mol. The van der Waals surface area contributed by atoms with E-state index in [1.807, 2.05) is 6.07 Å². The van der Waals surface area contributed by atoms with Crippen LogP contribution in [0.4, 0.5) is 0 Å². The van der Waals surface area contributed by atoms with Crippen molar-refractivity contribution >= 4 is 0 Å². The molecule has 2 fully saturated rings. The van der Waals surface area contributed by atoms with E-state index in [4.69, 9.17) is 10.5 Å². The summed E-state index contributed by atoms with van der Waals surface area (Å²) in [4.78, 5) is 2.28. The number of rotatable bonds is 0. The molecule has 2 bridgehead atoms. The van der Waals surface area contributed by atoms with Gasteiger partial charge in [0.2, 0.25) is 0 Å². The predicted octanol–water partition coefficient (Wildman–Crippen LogP) is 0.503. The van der Waals surface area contributed by atoms with Gasteiger partial charge in [0.1, 0.15) is 6.10 Å². The average Bonchev–Trinajstić information content (AvgIpc) is 2.85. The second kappa shape index (κ2) is 3.78. The van der Waals surface area contributed by atoms with Gasteiger partial charge >= 0.3 is 0 Å². The van der Waals surface area contributed by atoms with Crippen molar-refractivity contribution in [3.63, 3.8) is 0 Å². The Morgan fingerprint density at radius 2 is 2.18 bits per heavy atom. The minimum Gasteiger partial charge on any atom is -0.504 e. The van der Waals surface area contributed by atoms with Gasteiger partial charge in [-0.25, -0.2) is 0 Å². The molecule has 2 aliphatic heterocycles. The van der Waals surface area contributed by atoms with Crippen LogP contribution < -0.4 is 10.5 Å². The third-order valence-electron chi connectivity index (χ3n) is 6.78. The quantitative estimate of drug-likeness (QED) is 0.650. The first kappa shape index (κ1) is 13.2. The molecule has 0 amide bonds. The van der Waals surface area contributed by atoms with Gasteiger partial charge in [0.05, 0.1) is 11.0 Å². The molecule has 1 saturated carbocycles. The minimum atomic E-state index is -0.813. The lowest BCUT2D eigenvalue weighted by atomic mass is 9.48. The number of benzene rings is 1. The molecule has 2 heterocycles. The summed E-state index contributed by atoms with van der Waals surface area (Å²) in [7, 11) is 2.10. The molecule has 0 radical (unpaired) electrons. The molecule has 5 nitrogen and oxygen atoms in total. The topological polar surface area (TPSA) is 79.0 Å². The Morgan fingerprint density at radius 1 is 1.36 bits per heavy atom. The van der Waals surface area contributed by atoms with E-state index in [-0.39, 0.29) is 23.9 Å². The van der Waals surface area contributed by atoms with E-state index in [2.05, 4.69) is 11.9 Å². The highest BCUT2D eigenvalue weighted by Crippen LogP contribution is 2.64. The number of phenols is 1. The Hall–Kier alpha value is -1.30. The molecule has 1 aromatic carbocycles. The number of aliphatic hydroxyl groups is 1. The fraction of sp³-hybridized carbons (Fsp3) is 0.647. The van der Waals surface area contributed by atoms with Gasteiger partial charge < -0.3 is 25.6 Å². The van der Waals surface area contributed by atoms with Gasteiger partial charge in [-0.1, -0.05) is 6.07 Å². The molecule has 0 aromatic heterocycles. The van der Waals surface area contributed by atoms with Crippen molar-refractivity contribution in [1.29, 1.82) is 0 Å². The smallest absolute Gasteiger partial charge is 0.165 e. The molecule has 5 heteroatoms. The Morgan fingerprint density at radius 3 is 3.00 bits per heavy atom. The Labute approximate surface area is 129 Å². The summed E-state index contributed by atoms with van der Waals surface area (Å²) in [5.41, 5.74) is 7.35. The standard InChI is InChI=1S/C17H22N2O3/c1-19-7-6-16-13-9-2-3-11(20)14(13)22-15(16)10(18)4-5-17(16,21)12(19)8-9/h2-3,10,12,15,20-21H,4-8,18H2,1H3/t10?,12?,15?,16-,17+/m0/s1. The van der Waals surface area contributed by atoms with Gasteiger partial charge in [-0.2, -0.15) is 0 Å². The number of likely N-dealkylation sites (tertiary alicyclic amines) is 1. The van der Waals surface area contributed by atoms with E-state index < -0.39 is 11.0 Å². The molecular formula is C17H22N2O3. The monoisotopic (exact) mass is 302 g/mol. The fourth-order valence-electron chi connectivity index (χ4n) is 5.79. The number of nitrogens with zero attached hydrogens (tertiary/aromatic N) is 1. The molecule has 4 aliphatic rings. The number of phenolic OH excluding ortho intramolecular Hbond substituents is 1. The van der Waals surface area contributed by atoms with Gasteiger partial charge in [0.25, 0.3) is 0 Å². The molecule has 5 atom stereocenters. The van der Waals surface area contributed by atoms with E-state index in [1.54, 1.807) is 6.07 Å². The number of piperidine rings is 1. The SMILES string of the molecule is CN1CC[C@]23c4c5ccc(O)c4OC2C(N)CC[C@@]3(O)C1C5. The molecule has 1 spiro atoms. The Balaban J connectivity index is 1.86. The number of nitrogens with two attached hydrogens (primary N) is 1. The van der Waals surface area contributed by atoms with Crippen LogP contribution in [0.3, 0.4) is 0 Å². The van der Waals surface area contributed by atoms with E-state index in [0.29, 0.717) is 12.2 Å². The lowest BCUT2D eigenvalue weighted by Gasteiger charge is -2.63. The van der Waals surface area contributed by atoms with Gasteiger partial charge in [-0.15, -0.1) is 0 Å². The first-order chi connectivity index (χ1) is 10.5. The van der Waals surface area contributed by atoms with Crippen molar-refractivity contribution < 1.29 is 14.9 Å². The number of hydrogen-bond donors (Lipinski definition) is 3. The number of ether oxygens (including phenoxy) is 1. The summed E-state index contributed by atoms with van der Waals surface area (Å²) in [6.45, 7) is 0.925. The van der Waals surface area contributed by atoms with E-state index >= 15 is 0 Å². The van der Waals surface area contributed by atoms with Crippen molar-refractivity contribution in [1.82, 2.24) is 4.90 Å². The minimum absolute atomic E-state index is 0.0953. The summed E-state index contributed by atoms with van der Waals surface area (Å²) in [5, 5.41) is 22.0. The second-order valence-electron chi connectivity index (χ2n) is 7.54. The van der Waals surface area contributed by atoms with Crippen molar-refractivity contribution in [2.24, 2.45) is 5.73 Å². The first-order valence-electron chi connectivity index (χ1n) is 8.19. The largest absolute Gasteiger partial charge is 0.504 e. The van der Waals surface area contributed by atoms with Crippen LogP contribution in [0.1, 0.15) is 30.4 Å². The summed E-state index contributed by atoms with van der Waals surface area (Å²) in [6, 6.07) is 3.71. The Kier molecular flexibility index (Phi) is 2.26. The lowest BCUT2D eigenvalue weighted by Crippen LogP contribution is -2.77. The number of aromatic hydroxyl groups is 1. The lowest BCUT2D eigenvalue weighted by molar-refractivity contribution is -0.184. The Bertz CT molecular complexity index is 678. The summed E-state index contributed by atoms with van der Waals surface area (Å²) in [5.74, 6) is 0.746. The maximum atomic E-state index is 11.7. The second-order valence-corrected chi connectivity index (χ2v) is 7.54. The molecule has 1 aromatic rings. The van der Waals surface area contributed by atoms with Crippen molar-refractivity contribution in [3.05, 3.63) is 23.3 Å². The average molecular weight is 302 g/mol. The molecule has 5 rings (SSSR count). The maximum Gasteiger partial charge on any atom is 0.165 e.